The minimum Gasteiger partial charge on any atom is -0.392 e. The summed E-state index contributed by atoms with van der Waals surface area (Å²) in [6, 6.07) is 10.4. The molecule has 2 saturated heterocycles. The zero-order chi connectivity index (χ0) is 17.5. The molecule has 1 aromatic rings. The van der Waals surface area contributed by atoms with Crippen LogP contribution >= 0.6 is 37.2 Å². The summed E-state index contributed by atoms with van der Waals surface area (Å²) in [5.41, 5.74) is 1.32. The Morgan fingerprint density at radius 1 is 1.07 bits per heavy atom. The molecule has 0 bridgehead atoms. The largest absolute Gasteiger partial charge is 0.392 e. The second-order valence-electron chi connectivity index (χ2n) is 7.01. The molecule has 2 aliphatic heterocycles. The van der Waals surface area contributed by atoms with Crippen LogP contribution in [0.5, 0.6) is 0 Å². The number of para-hydroxylation sites is 1. The van der Waals surface area contributed by atoms with Crippen molar-refractivity contribution >= 4 is 48.8 Å². The van der Waals surface area contributed by atoms with Crippen LogP contribution in [0.15, 0.2) is 30.3 Å². The van der Waals surface area contributed by atoms with Crippen molar-refractivity contribution in [2.24, 2.45) is 0 Å². The number of hydrogen-bond donors (Lipinski definition) is 3. The number of nitrogens with zero attached hydrogens (tertiary/aromatic N) is 2. The zero-order valence-electron chi connectivity index (χ0n) is 16.1. The molecule has 2 fully saturated rings. The Morgan fingerprint density at radius 2 is 1.75 bits per heavy atom. The van der Waals surface area contributed by atoms with Gasteiger partial charge in [0, 0.05) is 45.0 Å². The second-order valence-corrected chi connectivity index (χ2v) is 7.01. The number of aliphatic hydroxyl groups is 1. The van der Waals surface area contributed by atoms with Crippen molar-refractivity contribution in [3.63, 3.8) is 0 Å². The molecule has 28 heavy (non-hydrogen) atoms. The third-order valence-corrected chi connectivity index (χ3v) is 5.12. The summed E-state index contributed by atoms with van der Waals surface area (Å²) in [7, 11) is 0. The fraction of sp³-hybridized carbons (Fsp3) is 0.632. The van der Waals surface area contributed by atoms with Crippen molar-refractivity contribution in [1.82, 2.24) is 15.5 Å². The number of carbonyl (C=O) groups is 1. The molecule has 0 spiro atoms. The summed E-state index contributed by atoms with van der Waals surface area (Å²) in [5.74, 6) is 0.0213. The first-order valence-corrected chi connectivity index (χ1v) is 9.44. The molecule has 2 unspecified atom stereocenters. The Hall–Kier alpha value is -0.760. The third kappa shape index (κ3) is 8.31. The van der Waals surface area contributed by atoms with E-state index in [4.69, 9.17) is 0 Å². The van der Waals surface area contributed by atoms with Crippen LogP contribution in [0.25, 0.3) is 0 Å². The monoisotopic (exact) mass is 454 g/mol. The summed E-state index contributed by atoms with van der Waals surface area (Å²) in [6.07, 6.45) is 2.24. The van der Waals surface area contributed by atoms with Crippen LogP contribution in [-0.2, 0) is 4.79 Å². The van der Waals surface area contributed by atoms with Gasteiger partial charge in [0.1, 0.15) is 0 Å². The Labute approximate surface area is 186 Å². The lowest BCUT2D eigenvalue weighted by atomic mass is 10.2. The second kappa shape index (κ2) is 14.3. The first-order valence-electron chi connectivity index (χ1n) is 9.44. The standard InChI is InChI=1S/C19H30N4O2.3ClH/c24-17-14-18(21-15-17)19(25)20-8-4-5-9-22-10-12-23(13-11-22)16-6-2-1-3-7-16;;;/h1-3,6-7,17-18,21,24H,4-5,8-15H2,(H,20,25);3*1H. The highest BCUT2D eigenvalue weighted by Gasteiger charge is 2.27. The van der Waals surface area contributed by atoms with Gasteiger partial charge in [-0.1, -0.05) is 18.2 Å². The van der Waals surface area contributed by atoms with Gasteiger partial charge in [0.25, 0.3) is 0 Å². The van der Waals surface area contributed by atoms with E-state index in [0.29, 0.717) is 13.0 Å². The van der Waals surface area contributed by atoms with E-state index in [9.17, 15) is 9.90 Å². The van der Waals surface area contributed by atoms with Crippen molar-refractivity contribution in [1.29, 1.82) is 0 Å². The van der Waals surface area contributed by atoms with Gasteiger partial charge in [-0.05, 0) is 37.9 Å². The number of hydrogen-bond acceptors (Lipinski definition) is 5. The van der Waals surface area contributed by atoms with E-state index in [1.165, 1.54) is 5.69 Å². The van der Waals surface area contributed by atoms with Crippen LogP contribution in [0.2, 0.25) is 0 Å². The maximum Gasteiger partial charge on any atom is 0.237 e. The molecule has 2 heterocycles. The van der Waals surface area contributed by atoms with Crippen molar-refractivity contribution in [3.05, 3.63) is 30.3 Å². The topological polar surface area (TPSA) is 67.8 Å². The van der Waals surface area contributed by atoms with Crippen LogP contribution in [0, 0.1) is 0 Å². The van der Waals surface area contributed by atoms with Gasteiger partial charge in [0.05, 0.1) is 12.1 Å². The number of benzene rings is 1. The minimum absolute atomic E-state index is 0. The van der Waals surface area contributed by atoms with Gasteiger partial charge < -0.3 is 20.6 Å². The van der Waals surface area contributed by atoms with E-state index >= 15 is 0 Å². The van der Waals surface area contributed by atoms with Crippen LogP contribution in [0.1, 0.15) is 19.3 Å². The number of anilines is 1. The molecule has 0 saturated carbocycles. The molecule has 3 rings (SSSR count). The predicted molar refractivity (Wildman–Crippen MR) is 121 cm³/mol. The molecule has 2 atom stereocenters. The zero-order valence-corrected chi connectivity index (χ0v) is 18.5. The van der Waals surface area contributed by atoms with E-state index in [-0.39, 0.29) is 55.3 Å². The fourth-order valence-electron chi connectivity index (χ4n) is 3.58. The number of unbranched alkanes of at least 4 members (excludes halogenated alkanes) is 1. The Bertz CT molecular complexity index is 545. The van der Waals surface area contributed by atoms with Gasteiger partial charge in [-0.3, -0.25) is 9.69 Å². The van der Waals surface area contributed by atoms with E-state index in [1.54, 1.807) is 0 Å². The van der Waals surface area contributed by atoms with Crippen LogP contribution in [0.4, 0.5) is 5.69 Å². The van der Waals surface area contributed by atoms with E-state index in [0.717, 1.165) is 52.1 Å². The molecular weight excluding hydrogens is 423 g/mol. The van der Waals surface area contributed by atoms with Gasteiger partial charge in [0.15, 0.2) is 0 Å². The predicted octanol–water partition coefficient (Wildman–Crippen LogP) is 1.69. The molecular formula is C19H33Cl3N4O2. The lowest BCUT2D eigenvalue weighted by Gasteiger charge is -2.36. The summed E-state index contributed by atoms with van der Waals surface area (Å²) < 4.78 is 0. The average Bonchev–Trinajstić information content (AvgIpc) is 3.09. The first kappa shape index (κ1) is 27.2. The number of amides is 1. The smallest absolute Gasteiger partial charge is 0.237 e. The van der Waals surface area contributed by atoms with Crippen molar-refractivity contribution in [2.75, 3.05) is 50.7 Å². The molecule has 9 heteroatoms. The van der Waals surface area contributed by atoms with Crippen LogP contribution < -0.4 is 15.5 Å². The van der Waals surface area contributed by atoms with E-state index in [1.807, 2.05) is 0 Å². The van der Waals surface area contributed by atoms with Crippen molar-refractivity contribution < 1.29 is 9.90 Å². The van der Waals surface area contributed by atoms with Gasteiger partial charge in [-0.25, -0.2) is 0 Å². The number of halogens is 3. The highest BCUT2D eigenvalue weighted by molar-refractivity contribution is 5.86. The molecule has 0 aromatic heterocycles. The molecule has 1 aromatic carbocycles. The van der Waals surface area contributed by atoms with Gasteiger partial charge in [0.2, 0.25) is 5.91 Å². The normalized spacial score (nSPS) is 21.8. The van der Waals surface area contributed by atoms with Gasteiger partial charge in [-0.2, -0.15) is 0 Å². The number of rotatable bonds is 7. The molecule has 0 radical (unpaired) electrons. The fourth-order valence-corrected chi connectivity index (χ4v) is 3.58. The van der Waals surface area contributed by atoms with E-state index < -0.39 is 0 Å². The van der Waals surface area contributed by atoms with Crippen LogP contribution in [0.3, 0.4) is 0 Å². The number of nitrogens with one attached hydrogen (secondary N) is 2. The van der Waals surface area contributed by atoms with Gasteiger partial charge >= 0.3 is 0 Å². The summed E-state index contributed by atoms with van der Waals surface area (Å²) >= 11 is 0. The highest BCUT2D eigenvalue weighted by atomic mass is 35.5. The Kier molecular flexibility index (Phi) is 13.9. The van der Waals surface area contributed by atoms with Crippen molar-refractivity contribution in [2.45, 2.75) is 31.4 Å². The number of piperazine rings is 1. The highest BCUT2D eigenvalue weighted by Crippen LogP contribution is 2.15. The molecule has 1 amide bonds. The first-order chi connectivity index (χ1) is 12.2. The number of carbonyl (C=O) groups excluding carboxylic acids is 1. The lowest BCUT2D eigenvalue weighted by molar-refractivity contribution is -0.122. The molecule has 6 nitrogen and oxygen atoms in total. The maximum atomic E-state index is 11.9. The maximum absolute atomic E-state index is 11.9. The van der Waals surface area contributed by atoms with Gasteiger partial charge in [-0.15, -0.1) is 37.2 Å². The minimum atomic E-state index is -0.384. The van der Waals surface area contributed by atoms with Crippen molar-refractivity contribution in [3.8, 4) is 0 Å². The third-order valence-electron chi connectivity index (χ3n) is 5.12. The van der Waals surface area contributed by atoms with E-state index in [2.05, 4.69) is 50.8 Å². The summed E-state index contributed by atoms with van der Waals surface area (Å²) in [5, 5.41) is 15.5. The average molecular weight is 456 g/mol. The number of β-amino-alcohol motifs (C(OH)–C–C–N with tert-alkyl or cyclic N) is 1. The lowest BCUT2D eigenvalue weighted by Crippen LogP contribution is -2.46. The Balaban J connectivity index is 0.00000243. The molecule has 0 aliphatic carbocycles. The summed E-state index contributed by atoms with van der Waals surface area (Å²) in [4.78, 5) is 16.9. The molecule has 162 valence electrons. The summed E-state index contributed by atoms with van der Waals surface area (Å²) in [6.45, 7) is 6.70. The number of aliphatic hydroxyl groups excluding tert-OH is 1. The van der Waals surface area contributed by atoms with Crippen LogP contribution in [-0.4, -0.2) is 73.9 Å². The SMILES string of the molecule is Cl.Cl.Cl.O=C(NCCCCN1CCN(c2ccccc2)CC1)C1CC(O)CN1. The Morgan fingerprint density at radius 3 is 2.36 bits per heavy atom. The molecule has 3 N–H and O–H groups in total. The quantitative estimate of drug-likeness (QED) is 0.546. The molecule has 2 aliphatic rings.